The molecule has 1 atom stereocenters. The quantitative estimate of drug-likeness (QED) is 0.940. The van der Waals surface area contributed by atoms with Gasteiger partial charge < -0.3 is 5.32 Å². The van der Waals surface area contributed by atoms with Gasteiger partial charge in [0, 0.05) is 5.69 Å². The van der Waals surface area contributed by atoms with Crippen LogP contribution in [0.15, 0.2) is 60.7 Å². The van der Waals surface area contributed by atoms with E-state index >= 15 is 0 Å². The molecule has 1 heterocycles. The van der Waals surface area contributed by atoms with Crippen LogP contribution in [-0.4, -0.2) is 21.4 Å². The Morgan fingerprint density at radius 1 is 0.952 bits per heavy atom. The summed E-state index contributed by atoms with van der Waals surface area (Å²) >= 11 is 1.02. The Hall–Kier alpha value is -2.27. The first-order chi connectivity index (χ1) is 10.2. The van der Waals surface area contributed by atoms with Crippen LogP contribution in [0.3, 0.4) is 0 Å². The highest BCUT2D eigenvalue weighted by atomic mass is 32.2. The molecule has 4 nitrogen and oxygen atoms in total. The molecule has 3 rings (SSSR count). The predicted octanol–water partition coefficient (Wildman–Crippen LogP) is 3.32. The molecule has 0 aromatic heterocycles. The smallest absolute Gasteiger partial charge is 0.291 e. The number of para-hydroxylation sites is 1. The Bertz CT molecular complexity index is 646. The first-order valence-electron chi connectivity index (χ1n) is 6.61. The first-order valence-corrected chi connectivity index (χ1v) is 7.49. The highest BCUT2D eigenvalue weighted by molar-refractivity contribution is 8.15. The van der Waals surface area contributed by atoms with E-state index in [4.69, 9.17) is 0 Å². The van der Waals surface area contributed by atoms with Crippen molar-refractivity contribution in [1.82, 2.24) is 4.90 Å². The SMILES string of the molecule is O=C1SC(Nc2ccccc2)C(=O)N1Cc1ccccc1. The molecule has 1 unspecified atom stereocenters. The topological polar surface area (TPSA) is 49.4 Å². The van der Waals surface area contributed by atoms with Gasteiger partial charge in [-0.05, 0) is 29.5 Å². The number of hydrogen-bond donors (Lipinski definition) is 1. The molecular weight excluding hydrogens is 284 g/mol. The molecule has 2 aromatic carbocycles. The second-order valence-corrected chi connectivity index (χ2v) is 5.74. The minimum atomic E-state index is -0.552. The van der Waals surface area contributed by atoms with E-state index in [1.165, 1.54) is 4.90 Å². The van der Waals surface area contributed by atoms with Crippen LogP contribution >= 0.6 is 11.8 Å². The zero-order valence-electron chi connectivity index (χ0n) is 11.2. The lowest BCUT2D eigenvalue weighted by Crippen LogP contribution is -2.33. The first kappa shape index (κ1) is 13.7. The second kappa shape index (κ2) is 6.01. The van der Waals surface area contributed by atoms with Gasteiger partial charge in [0.1, 0.15) is 0 Å². The van der Waals surface area contributed by atoms with Gasteiger partial charge >= 0.3 is 0 Å². The average Bonchev–Trinajstić information content (AvgIpc) is 2.77. The molecule has 1 N–H and O–H groups in total. The van der Waals surface area contributed by atoms with Crippen molar-refractivity contribution in [1.29, 1.82) is 0 Å². The number of rotatable bonds is 4. The summed E-state index contributed by atoms with van der Waals surface area (Å²) < 4.78 is 0. The Morgan fingerprint density at radius 3 is 2.24 bits per heavy atom. The molecule has 0 spiro atoms. The number of thioether (sulfide) groups is 1. The Kier molecular flexibility index (Phi) is 3.92. The molecule has 106 valence electrons. The highest BCUT2D eigenvalue weighted by Crippen LogP contribution is 2.29. The number of hydrogen-bond acceptors (Lipinski definition) is 4. The fourth-order valence-corrected chi connectivity index (χ4v) is 3.04. The summed E-state index contributed by atoms with van der Waals surface area (Å²) in [4.78, 5) is 25.7. The van der Waals surface area contributed by atoms with E-state index < -0.39 is 5.37 Å². The van der Waals surface area contributed by atoms with E-state index in [0.717, 1.165) is 23.0 Å². The van der Waals surface area contributed by atoms with Crippen LogP contribution < -0.4 is 5.32 Å². The Balaban J connectivity index is 1.70. The zero-order chi connectivity index (χ0) is 14.7. The molecular formula is C16H14N2O2S. The summed E-state index contributed by atoms with van der Waals surface area (Å²) in [7, 11) is 0. The molecule has 2 amide bonds. The number of imide groups is 1. The van der Waals surface area contributed by atoms with Crippen LogP contribution in [0.1, 0.15) is 5.56 Å². The lowest BCUT2D eigenvalue weighted by atomic mass is 10.2. The van der Waals surface area contributed by atoms with Crippen molar-refractivity contribution in [2.45, 2.75) is 11.9 Å². The van der Waals surface area contributed by atoms with Crippen molar-refractivity contribution in [3.05, 3.63) is 66.2 Å². The third kappa shape index (κ3) is 3.08. The van der Waals surface area contributed by atoms with E-state index in [1.54, 1.807) is 0 Å². The number of nitrogens with one attached hydrogen (secondary N) is 1. The minimum Gasteiger partial charge on any atom is -0.365 e. The molecule has 5 heteroatoms. The van der Waals surface area contributed by atoms with Crippen molar-refractivity contribution in [2.24, 2.45) is 0 Å². The van der Waals surface area contributed by atoms with Gasteiger partial charge in [0.2, 0.25) is 0 Å². The maximum Gasteiger partial charge on any atom is 0.291 e. The monoisotopic (exact) mass is 298 g/mol. The molecule has 1 saturated heterocycles. The highest BCUT2D eigenvalue weighted by Gasteiger charge is 2.39. The molecule has 1 aliphatic rings. The van der Waals surface area contributed by atoms with Crippen LogP contribution in [0.4, 0.5) is 10.5 Å². The standard InChI is InChI=1S/C16H14N2O2S/c19-15-14(17-13-9-5-2-6-10-13)21-16(20)18(15)11-12-7-3-1-4-8-12/h1-10,14,17H,11H2. The summed E-state index contributed by atoms with van der Waals surface area (Å²) in [6, 6.07) is 18.9. The van der Waals surface area contributed by atoms with E-state index in [-0.39, 0.29) is 11.1 Å². The van der Waals surface area contributed by atoms with E-state index in [0.29, 0.717) is 6.54 Å². The lowest BCUT2D eigenvalue weighted by molar-refractivity contribution is -0.126. The number of carbonyl (C=O) groups is 2. The largest absolute Gasteiger partial charge is 0.365 e. The van der Waals surface area contributed by atoms with E-state index in [9.17, 15) is 9.59 Å². The summed E-state index contributed by atoms with van der Waals surface area (Å²) in [5.41, 5.74) is 1.78. The molecule has 0 bridgehead atoms. The van der Waals surface area contributed by atoms with Gasteiger partial charge in [-0.3, -0.25) is 14.5 Å². The van der Waals surface area contributed by atoms with Gasteiger partial charge in [-0.25, -0.2) is 0 Å². The Labute approximate surface area is 127 Å². The van der Waals surface area contributed by atoms with Crippen molar-refractivity contribution < 1.29 is 9.59 Å². The summed E-state index contributed by atoms with van der Waals surface area (Å²) in [5, 5.41) is 2.32. The summed E-state index contributed by atoms with van der Waals surface area (Å²) in [5.74, 6) is -0.197. The molecule has 0 radical (unpaired) electrons. The second-order valence-electron chi connectivity index (χ2n) is 4.68. The predicted molar refractivity (Wildman–Crippen MR) is 83.8 cm³/mol. The fraction of sp³-hybridized carbons (Fsp3) is 0.125. The van der Waals surface area contributed by atoms with E-state index in [2.05, 4.69) is 5.32 Å². The molecule has 1 aliphatic heterocycles. The zero-order valence-corrected chi connectivity index (χ0v) is 12.0. The van der Waals surface area contributed by atoms with Crippen LogP contribution in [0.5, 0.6) is 0 Å². The minimum absolute atomic E-state index is 0.197. The molecule has 0 saturated carbocycles. The van der Waals surface area contributed by atoms with Crippen LogP contribution in [0, 0.1) is 0 Å². The van der Waals surface area contributed by atoms with Gasteiger partial charge in [-0.1, -0.05) is 48.5 Å². The number of benzene rings is 2. The maximum atomic E-state index is 12.3. The third-order valence-corrected chi connectivity index (χ3v) is 4.16. The molecule has 1 fully saturated rings. The molecule has 0 aliphatic carbocycles. The normalized spacial score (nSPS) is 18.1. The summed E-state index contributed by atoms with van der Waals surface area (Å²) in [6.07, 6.45) is 0. The number of anilines is 1. The number of amides is 2. The van der Waals surface area contributed by atoms with E-state index in [1.807, 2.05) is 60.7 Å². The van der Waals surface area contributed by atoms with Gasteiger partial charge in [0.25, 0.3) is 11.1 Å². The fourth-order valence-electron chi connectivity index (χ4n) is 2.13. The van der Waals surface area contributed by atoms with Gasteiger partial charge in [-0.2, -0.15) is 0 Å². The molecule has 2 aromatic rings. The van der Waals surface area contributed by atoms with Crippen molar-refractivity contribution in [3.63, 3.8) is 0 Å². The van der Waals surface area contributed by atoms with Crippen LogP contribution in [0.2, 0.25) is 0 Å². The third-order valence-electron chi connectivity index (χ3n) is 3.18. The van der Waals surface area contributed by atoms with Crippen LogP contribution in [-0.2, 0) is 11.3 Å². The van der Waals surface area contributed by atoms with Gasteiger partial charge in [-0.15, -0.1) is 0 Å². The average molecular weight is 298 g/mol. The van der Waals surface area contributed by atoms with Crippen molar-refractivity contribution >= 4 is 28.6 Å². The van der Waals surface area contributed by atoms with Gasteiger partial charge in [0.15, 0.2) is 5.37 Å². The summed E-state index contributed by atoms with van der Waals surface area (Å²) in [6.45, 7) is 0.318. The van der Waals surface area contributed by atoms with Crippen molar-refractivity contribution in [2.75, 3.05) is 5.32 Å². The number of nitrogens with zero attached hydrogens (tertiary/aromatic N) is 1. The van der Waals surface area contributed by atoms with Crippen molar-refractivity contribution in [3.8, 4) is 0 Å². The van der Waals surface area contributed by atoms with Crippen LogP contribution in [0.25, 0.3) is 0 Å². The number of carbonyl (C=O) groups excluding carboxylic acids is 2. The molecule has 21 heavy (non-hydrogen) atoms. The lowest BCUT2D eigenvalue weighted by Gasteiger charge is -2.14. The van der Waals surface area contributed by atoms with Gasteiger partial charge in [0.05, 0.1) is 6.54 Å². The Morgan fingerprint density at radius 2 is 1.57 bits per heavy atom. The maximum absolute atomic E-state index is 12.3.